The highest BCUT2D eigenvalue weighted by Crippen LogP contribution is 2.08. The molecular formula is C11H21. The van der Waals surface area contributed by atoms with Gasteiger partial charge in [-0.25, -0.2) is 0 Å². The summed E-state index contributed by atoms with van der Waals surface area (Å²) in [6, 6.07) is 0. The number of allylic oxidation sites excluding steroid dienone is 2. The first-order chi connectivity index (χ1) is 5.16. The van der Waals surface area contributed by atoms with Crippen LogP contribution in [-0.2, 0) is 0 Å². The van der Waals surface area contributed by atoms with Crippen LogP contribution in [0.3, 0.4) is 0 Å². The molecule has 0 aromatic carbocycles. The maximum atomic E-state index is 3.93. The normalized spacial score (nSPS) is 14.6. The standard InChI is InChI=1S/C11H21/c1-5-7-11(4)9-6-8-10(2)3/h6,9-11H,2,5,7-8H2,1,3-4H3. The van der Waals surface area contributed by atoms with Gasteiger partial charge in [-0.05, 0) is 24.7 Å². The van der Waals surface area contributed by atoms with Crippen LogP contribution >= 0.6 is 0 Å². The average Bonchev–Trinajstić information content (AvgIpc) is 1.87. The van der Waals surface area contributed by atoms with Crippen molar-refractivity contribution in [3.8, 4) is 0 Å². The Bertz CT molecular complexity index is 101. The Labute approximate surface area is 71.7 Å². The molecule has 0 bridgehead atoms. The summed E-state index contributed by atoms with van der Waals surface area (Å²) in [5.41, 5.74) is 0. The maximum Gasteiger partial charge on any atom is -0.0262 e. The first kappa shape index (κ1) is 10.7. The van der Waals surface area contributed by atoms with Crippen LogP contribution in [-0.4, -0.2) is 0 Å². The molecule has 0 N–H and O–H groups in total. The summed E-state index contributed by atoms with van der Waals surface area (Å²) >= 11 is 0. The second-order valence-corrected chi connectivity index (χ2v) is 3.53. The molecule has 2 unspecified atom stereocenters. The zero-order chi connectivity index (χ0) is 8.69. The van der Waals surface area contributed by atoms with Crippen LogP contribution in [0.4, 0.5) is 0 Å². The average molecular weight is 153 g/mol. The van der Waals surface area contributed by atoms with Gasteiger partial charge in [0.25, 0.3) is 0 Å². The molecule has 0 fully saturated rings. The third kappa shape index (κ3) is 7.64. The number of hydrogen-bond donors (Lipinski definition) is 0. The van der Waals surface area contributed by atoms with Crippen LogP contribution in [0.25, 0.3) is 0 Å². The molecule has 0 aliphatic carbocycles. The summed E-state index contributed by atoms with van der Waals surface area (Å²) in [5, 5.41) is 0. The Balaban J connectivity index is 3.39. The van der Waals surface area contributed by atoms with E-state index >= 15 is 0 Å². The molecule has 0 aromatic rings. The molecular weight excluding hydrogens is 132 g/mol. The Morgan fingerprint density at radius 2 is 2.00 bits per heavy atom. The molecule has 0 aliphatic heterocycles. The minimum absolute atomic E-state index is 0.556. The Morgan fingerprint density at radius 1 is 1.36 bits per heavy atom. The van der Waals surface area contributed by atoms with E-state index < -0.39 is 0 Å². The van der Waals surface area contributed by atoms with E-state index in [1.54, 1.807) is 0 Å². The highest BCUT2D eigenvalue weighted by Gasteiger charge is 1.93. The fourth-order valence-corrected chi connectivity index (χ4v) is 1.09. The van der Waals surface area contributed by atoms with E-state index in [-0.39, 0.29) is 0 Å². The van der Waals surface area contributed by atoms with Gasteiger partial charge < -0.3 is 0 Å². The molecule has 0 nitrogen and oxygen atoms in total. The van der Waals surface area contributed by atoms with Crippen molar-refractivity contribution in [3.63, 3.8) is 0 Å². The van der Waals surface area contributed by atoms with Gasteiger partial charge in [-0.3, -0.25) is 0 Å². The van der Waals surface area contributed by atoms with E-state index in [2.05, 4.69) is 39.8 Å². The lowest BCUT2D eigenvalue weighted by Gasteiger charge is -2.03. The molecule has 0 amide bonds. The van der Waals surface area contributed by atoms with Crippen molar-refractivity contribution >= 4 is 0 Å². The number of hydrogen-bond acceptors (Lipinski definition) is 0. The summed E-state index contributed by atoms with van der Waals surface area (Å²) in [5.74, 6) is 1.30. The molecule has 2 atom stereocenters. The summed E-state index contributed by atoms with van der Waals surface area (Å²) in [6.07, 6.45) is 8.28. The number of rotatable bonds is 5. The highest BCUT2D eigenvalue weighted by atomic mass is 14.0. The van der Waals surface area contributed by atoms with E-state index in [9.17, 15) is 0 Å². The Morgan fingerprint density at radius 3 is 2.45 bits per heavy atom. The third-order valence-corrected chi connectivity index (χ3v) is 1.75. The van der Waals surface area contributed by atoms with Gasteiger partial charge in [-0.1, -0.05) is 46.3 Å². The fraction of sp³-hybridized carbons (Fsp3) is 0.727. The first-order valence-electron chi connectivity index (χ1n) is 4.66. The monoisotopic (exact) mass is 153 g/mol. The molecule has 0 heterocycles. The molecule has 11 heavy (non-hydrogen) atoms. The van der Waals surface area contributed by atoms with Crippen LogP contribution in [0.5, 0.6) is 0 Å². The predicted molar refractivity (Wildman–Crippen MR) is 52.4 cm³/mol. The van der Waals surface area contributed by atoms with Crippen LogP contribution in [0.15, 0.2) is 12.2 Å². The van der Waals surface area contributed by atoms with Gasteiger partial charge in [0.15, 0.2) is 0 Å². The van der Waals surface area contributed by atoms with Crippen LogP contribution < -0.4 is 0 Å². The van der Waals surface area contributed by atoms with Gasteiger partial charge in [-0.2, -0.15) is 0 Å². The summed E-state index contributed by atoms with van der Waals surface area (Å²) in [6.45, 7) is 10.6. The van der Waals surface area contributed by atoms with Crippen molar-refractivity contribution in [2.45, 2.75) is 40.0 Å². The zero-order valence-corrected chi connectivity index (χ0v) is 8.14. The predicted octanol–water partition coefficient (Wildman–Crippen LogP) is 3.84. The van der Waals surface area contributed by atoms with Gasteiger partial charge in [0.05, 0.1) is 0 Å². The van der Waals surface area contributed by atoms with Crippen molar-refractivity contribution in [1.82, 2.24) is 0 Å². The fourth-order valence-electron chi connectivity index (χ4n) is 1.09. The Hall–Kier alpha value is -0.260. The molecule has 0 heteroatoms. The minimum Gasteiger partial charge on any atom is -0.0880 e. The summed E-state index contributed by atoms with van der Waals surface area (Å²) in [4.78, 5) is 0. The largest absolute Gasteiger partial charge is 0.0880 e. The van der Waals surface area contributed by atoms with Crippen molar-refractivity contribution < 1.29 is 0 Å². The second kappa shape index (κ2) is 6.45. The van der Waals surface area contributed by atoms with Gasteiger partial charge >= 0.3 is 0 Å². The lowest BCUT2D eigenvalue weighted by atomic mass is 10.0. The van der Waals surface area contributed by atoms with Crippen molar-refractivity contribution in [2.75, 3.05) is 0 Å². The summed E-state index contributed by atoms with van der Waals surface area (Å²) < 4.78 is 0. The Kier molecular flexibility index (Phi) is 6.30. The van der Waals surface area contributed by atoms with E-state index in [0.717, 1.165) is 12.3 Å². The summed E-state index contributed by atoms with van der Waals surface area (Å²) in [7, 11) is 0. The van der Waals surface area contributed by atoms with Gasteiger partial charge in [0, 0.05) is 0 Å². The van der Waals surface area contributed by atoms with E-state index in [0.29, 0.717) is 5.92 Å². The molecule has 65 valence electrons. The van der Waals surface area contributed by atoms with Crippen LogP contribution in [0, 0.1) is 18.8 Å². The quantitative estimate of drug-likeness (QED) is 0.526. The van der Waals surface area contributed by atoms with Gasteiger partial charge in [0.1, 0.15) is 0 Å². The lowest BCUT2D eigenvalue weighted by molar-refractivity contribution is 0.628. The second-order valence-electron chi connectivity index (χ2n) is 3.53. The molecule has 0 rings (SSSR count). The van der Waals surface area contributed by atoms with Crippen molar-refractivity contribution in [2.24, 2.45) is 11.8 Å². The van der Waals surface area contributed by atoms with Crippen molar-refractivity contribution in [3.05, 3.63) is 19.1 Å². The van der Waals surface area contributed by atoms with Gasteiger partial charge in [0.2, 0.25) is 0 Å². The SMILES string of the molecule is [CH2]C(C)CC=CC(C)CCC. The maximum absolute atomic E-state index is 3.93. The molecule has 0 saturated heterocycles. The molecule has 0 spiro atoms. The van der Waals surface area contributed by atoms with E-state index in [4.69, 9.17) is 0 Å². The third-order valence-electron chi connectivity index (χ3n) is 1.75. The first-order valence-corrected chi connectivity index (χ1v) is 4.66. The molecule has 0 aliphatic rings. The topological polar surface area (TPSA) is 0 Å². The van der Waals surface area contributed by atoms with Crippen molar-refractivity contribution in [1.29, 1.82) is 0 Å². The zero-order valence-electron chi connectivity index (χ0n) is 8.14. The van der Waals surface area contributed by atoms with E-state index in [1.807, 2.05) is 0 Å². The smallest absolute Gasteiger partial charge is 0.0262 e. The highest BCUT2D eigenvalue weighted by molar-refractivity contribution is 4.87. The minimum atomic E-state index is 0.556. The van der Waals surface area contributed by atoms with E-state index in [1.165, 1.54) is 12.8 Å². The van der Waals surface area contributed by atoms with Gasteiger partial charge in [-0.15, -0.1) is 0 Å². The molecule has 0 saturated carbocycles. The van der Waals surface area contributed by atoms with Crippen LogP contribution in [0.1, 0.15) is 40.0 Å². The van der Waals surface area contributed by atoms with Crippen LogP contribution in [0.2, 0.25) is 0 Å². The lowest BCUT2D eigenvalue weighted by Crippen LogP contribution is -1.88. The molecule has 1 radical (unpaired) electrons. The molecule has 0 aromatic heterocycles.